The van der Waals surface area contributed by atoms with Crippen molar-refractivity contribution in [3.63, 3.8) is 0 Å². The van der Waals surface area contributed by atoms with Gasteiger partial charge in [-0.15, -0.1) is 0 Å². The summed E-state index contributed by atoms with van der Waals surface area (Å²) in [6, 6.07) is 3.63. The summed E-state index contributed by atoms with van der Waals surface area (Å²) in [6.45, 7) is 2.08. The lowest BCUT2D eigenvalue weighted by atomic mass is 9.84. The van der Waals surface area contributed by atoms with Crippen molar-refractivity contribution in [1.29, 1.82) is 0 Å². The Morgan fingerprint density at radius 3 is 2.83 bits per heavy atom. The number of carbonyl (C=O) groups is 1. The Kier molecular flexibility index (Phi) is 4.18. The van der Waals surface area contributed by atoms with E-state index < -0.39 is 0 Å². The van der Waals surface area contributed by atoms with Crippen molar-refractivity contribution in [2.45, 2.75) is 45.1 Å². The largest absolute Gasteiger partial charge is 0.397 e. The maximum absolute atomic E-state index is 12.1. The first-order chi connectivity index (χ1) is 8.68. The van der Waals surface area contributed by atoms with Crippen LogP contribution in [0.15, 0.2) is 18.3 Å². The Balaban J connectivity index is 1.96. The molecule has 1 unspecified atom stereocenters. The van der Waals surface area contributed by atoms with Gasteiger partial charge in [0.15, 0.2) is 5.69 Å². The molecule has 4 heteroatoms. The van der Waals surface area contributed by atoms with Crippen LogP contribution >= 0.6 is 0 Å². The molecule has 1 fully saturated rings. The van der Waals surface area contributed by atoms with Crippen molar-refractivity contribution in [1.82, 2.24) is 10.3 Å². The fraction of sp³-hybridized carbons (Fsp3) is 0.571. The van der Waals surface area contributed by atoms with Crippen LogP contribution in [-0.2, 0) is 0 Å². The van der Waals surface area contributed by atoms with Crippen LogP contribution in [0, 0.1) is 5.92 Å². The second kappa shape index (κ2) is 5.85. The van der Waals surface area contributed by atoms with Gasteiger partial charge in [0.2, 0.25) is 0 Å². The SMILES string of the molecule is CC(NC(=O)c1ncccc1N)C1CCCCC1. The molecule has 1 heterocycles. The Labute approximate surface area is 108 Å². The Hall–Kier alpha value is -1.58. The first kappa shape index (κ1) is 12.9. The van der Waals surface area contributed by atoms with Crippen LogP contribution in [0.25, 0.3) is 0 Å². The maximum Gasteiger partial charge on any atom is 0.272 e. The van der Waals surface area contributed by atoms with E-state index in [1.165, 1.54) is 32.1 Å². The van der Waals surface area contributed by atoms with Gasteiger partial charge >= 0.3 is 0 Å². The number of nitrogens with zero attached hydrogens (tertiary/aromatic N) is 1. The summed E-state index contributed by atoms with van der Waals surface area (Å²) in [6.07, 6.45) is 7.88. The molecule has 3 N–H and O–H groups in total. The highest BCUT2D eigenvalue weighted by atomic mass is 16.1. The van der Waals surface area contributed by atoms with Crippen molar-refractivity contribution in [2.75, 3.05) is 5.73 Å². The minimum atomic E-state index is -0.161. The van der Waals surface area contributed by atoms with Gasteiger partial charge < -0.3 is 11.1 Å². The zero-order valence-electron chi connectivity index (χ0n) is 10.9. The number of carbonyl (C=O) groups excluding carboxylic acids is 1. The zero-order chi connectivity index (χ0) is 13.0. The summed E-state index contributed by atoms with van der Waals surface area (Å²) >= 11 is 0. The number of aromatic nitrogens is 1. The molecule has 1 amide bonds. The Bertz CT molecular complexity index is 413. The van der Waals surface area contributed by atoms with Crippen LogP contribution in [0.1, 0.15) is 49.5 Å². The Morgan fingerprint density at radius 1 is 1.44 bits per heavy atom. The number of nitrogens with one attached hydrogen (secondary N) is 1. The van der Waals surface area contributed by atoms with Gasteiger partial charge in [0.05, 0.1) is 5.69 Å². The lowest BCUT2D eigenvalue weighted by Gasteiger charge is -2.28. The molecule has 0 aliphatic heterocycles. The molecule has 18 heavy (non-hydrogen) atoms. The lowest BCUT2D eigenvalue weighted by Crippen LogP contribution is -2.39. The standard InChI is InChI=1S/C14H21N3O/c1-10(11-6-3-2-4-7-11)17-14(18)13-12(15)8-5-9-16-13/h5,8-11H,2-4,6-7,15H2,1H3,(H,17,18). The van der Waals surface area contributed by atoms with Crippen LogP contribution in [-0.4, -0.2) is 16.9 Å². The minimum Gasteiger partial charge on any atom is -0.397 e. The van der Waals surface area contributed by atoms with Gasteiger partial charge in [-0.25, -0.2) is 4.98 Å². The lowest BCUT2D eigenvalue weighted by molar-refractivity contribution is 0.0915. The number of rotatable bonds is 3. The summed E-state index contributed by atoms with van der Waals surface area (Å²) in [4.78, 5) is 16.1. The molecule has 4 nitrogen and oxygen atoms in total. The highest BCUT2D eigenvalue weighted by Crippen LogP contribution is 2.26. The molecule has 0 saturated heterocycles. The van der Waals surface area contributed by atoms with Crippen LogP contribution < -0.4 is 11.1 Å². The van der Waals surface area contributed by atoms with E-state index in [0.717, 1.165) is 0 Å². The zero-order valence-corrected chi connectivity index (χ0v) is 10.9. The summed E-state index contributed by atoms with van der Waals surface area (Å²) in [5.74, 6) is 0.429. The third-order valence-corrected chi connectivity index (χ3v) is 3.77. The van der Waals surface area contributed by atoms with E-state index >= 15 is 0 Å². The van der Waals surface area contributed by atoms with E-state index in [9.17, 15) is 4.79 Å². The maximum atomic E-state index is 12.1. The van der Waals surface area contributed by atoms with Gasteiger partial charge in [-0.05, 0) is 37.8 Å². The summed E-state index contributed by atoms with van der Waals surface area (Å²) in [5.41, 5.74) is 6.52. The molecule has 0 radical (unpaired) electrons. The van der Waals surface area contributed by atoms with Gasteiger partial charge in [0, 0.05) is 12.2 Å². The molecule has 98 valence electrons. The van der Waals surface area contributed by atoms with Crippen molar-refractivity contribution < 1.29 is 4.79 Å². The van der Waals surface area contributed by atoms with Gasteiger partial charge in [-0.2, -0.15) is 0 Å². The van der Waals surface area contributed by atoms with Gasteiger partial charge in [-0.1, -0.05) is 19.3 Å². The highest BCUT2D eigenvalue weighted by Gasteiger charge is 2.22. The predicted molar refractivity (Wildman–Crippen MR) is 72.2 cm³/mol. The molecular formula is C14H21N3O. The molecule has 1 aliphatic rings. The molecule has 0 bridgehead atoms. The van der Waals surface area contributed by atoms with Gasteiger partial charge in [0.1, 0.15) is 0 Å². The number of pyridine rings is 1. The average molecular weight is 247 g/mol. The third-order valence-electron chi connectivity index (χ3n) is 3.77. The van der Waals surface area contributed by atoms with E-state index in [2.05, 4.69) is 17.2 Å². The molecular weight excluding hydrogens is 226 g/mol. The normalized spacial score (nSPS) is 18.3. The predicted octanol–water partition coefficient (Wildman–Crippen LogP) is 2.36. The van der Waals surface area contributed by atoms with Gasteiger partial charge in [0.25, 0.3) is 5.91 Å². The number of hydrogen-bond acceptors (Lipinski definition) is 3. The van der Waals surface area contributed by atoms with E-state index in [-0.39, 0.29) is 11.9 Å². The van der Waals surface area contributed by atoms with Gasteiger partial charge in [-0.3, -0.25) is 4.79 Å². The molecule has 0 aromatic carbocycles. The molecule has 2 rings (SSSR count). The Morgan fingerprint density at radius 2 is 2.17 bits per heavy atom. The topological polar surface area (TPSA) is 68.0 Å². The summed E-state index contributed by atoms with van der Waals surface area (Å²) < 4.78 is 0. The molecule has 1 saturated carbocycles. The third kappa shape index (κ3) is 3.00. The highest BCUT2D eigenvalue weighted by molar-refractivity contribution is 5.97. The first-order valence-corrected chi connectivity index (χ1v) is 6.70. The fourth-order valence-corrected chi connectivity index (χ4v) is 2.63. The molecule has 1 atom stereocenters. The van der Waals surface area contributed by atoms with Crippen molar-refractivity contribution in [3.8, 4) is 0 Å². The van der Waals surface area contributed by atoms with E-state index in [1.54, 1.807) is 18.3 Å². The number of nitrogens with two attached hydrogens (primary N) is 1. The van der Waals surface area contributed by atoms with E-state index in [0.29, 0.717) is 17.3 Å². The minimum absolute atomic E-state index is 0.161. The fourth-order valence-electron chi connectivity index (χ4n) is 2.63. The van der Waals surface area contributed by atoms with Crippen LogP contribution in [0.4, 0.5) is 5.69 Å². The molecule has 1 aromatic rings. The quantitative estimate of drug-likeness (QED) is 0.861. The van der Waals surface area contributed by atoms with Crippen molar-refractivity contribution in [3.05, 3.63) is 24.0 Å². The van der Waals surface area contributed by atoms with Crippen LogP contribution in [0.2, 0.25) is 0 Å². The number of anilines is 1. The number of amides is 1. The summed E-state index contributed by atoms with van der Waals surface area (Å²) in [5, 5.41) is 3.03. The molecule has 0 spiro atoms. The van der Waals surface area contributed by atoms with E-state index in [4.69, 9.17) is 5.73 Å². The van der Waals surface area contributed by atoms with E-state index in [1.807, 2.05) is 0 Å². The first-order valence-electron chi connectivity index (χ1n) is 6.70. The molecule has 1 aliphatic carbocycles. The van der Waals surface area contributed by atoms with Crippen molar-refractivity contribution in [2.24, 2.45) is 5.92 Å². The number of nitrogen functional groups attached to an aromatic ring is 1. The van der Waals surface area contributed by atoms with Crippen LogP contribution in [0.5, 0.6) is 0 Å². The molecule has 1 aromatic heterocycles. The second-order valence-electron chi connectivity index (χ2n) is 5.10. The average Bonchev–Trinajstić information content (AvgIpc) is 2.40. The summed E-state index contributed by atoms with van der Waals surface area (Å²) in [7, 11) is 0. The monoisotopic (exact) mass is 247 g/mol. The van der Waals surface area contributed by atoms with Crippen LogP contribution in [0.3, 0.4) is 0 Å². The second-order valence-corrected chi connectivity index (χ2v) is 5.10. The smallest absolute Gasteiger partial charge is 0.272 e. The van der Waals surface area contributed by atoms with Crippen molar-refractivity contribution >= 4 is 11.6 Å². The number of hydrogen-bond donors (Lipinski definition) is 2.